The molecule has 1 fully saturated rings. The van der Waals surface area contributed by atoms with Gasteiger partial charge in [0.25, 0.3) is 0 Å². The van der Waals surface area contributed by atoms with E-state index in [4.69, 9.17) is 9.47 Å². The molecule has 0 radical (unpaired) electrons. The van der Waals surface area contributed by atoms with Crippen molar-refractivity contribution in [3.63, 3.8) is 0 Å². The summed E-state index contributed by atoms with van der Waals surface area (Å²) < 4.78 is 10.2. The quantitative estimate of drug-likeness (QED) is 0.727. The van der Waals surface area contributed by atoms with Crippen LogP contribution in [0.3, 0.4) is 0 Å². The minimum Gasteiger partial charge on any atom is -0.379 e. The zero-order valence-corrected chi connectivity index (χ0v) is 11.1. The molecule has 0 aromatic rings. The Balaban J connectivity index is 2.46. The molecule has 1 aliphatic heterocycles. The van der Waals surface area contributed by atoms with Gasteiger partial charge in [-0.1, -0.05) is 6.92 Å². The van der Waals surface area contributed by atoms with E-state index in [9.17, 15) is 4.79 Å². The van der Waals surface area contributed by atoms with E-state index in [1.807, 2.05) is 0 Å². The number of carbonyl (C=O) groups excluding carboxylic acids is 1. The number of rotatable bonds is 6. The van der Waals surface area contributed by atoms with Gasteiger partial charge in [0.1, 0.15) is 6.61 Å². The SMILES string of the molecule is CC[C@](C)(CNC(=O)COC)N1CCOCC1. The van der Waals surface area contributed by atoms with Crippen molar-refractivity contribution in [2.75, 3.05) is 46.6 Å². The summed E-state index contributed by atoms with van der Waals surface area (Å²) >= 11 is 0. The summed E-state index contributed by atoms with van der Waals surface area (Å²) in [7, 11) is 1.53. The molecule has 1 saturated heterocycles. The predicted molar refractivity (Wildman–Crippen MR) is 66.0 cm³/mol. The second-order valence-corrected chi connectivity index (χ2v) is 4.66. The molecule has 0 unspecified atom stereocenters. The van der Waals surface area contributed by atoms with Crippen molar-refractivity contribution in [2.45, 2.75) is 25.8 Å². The van der Waals surface area contributed by atoms with E-state index in [1.54, 1.807) is 0 Å². The highest BCUT2D eigenvalue weighted by Crippen LogP contribution is 2.19. The van der Waals surface area contributed by atoms with Crippen LogP contribution in [0.4, 0.5) is 0 Å². The van der Waals surface area contributed by atoms with Gasteiger partial charge in [-0.2, -0.15) is 0 Å². The van der Waals surface area contributed by atoms with Gasteiger partial charge in [-0.05, 0) is 13.3 Å². The summed E-state index contributed by atoms with van der Waals surface area (Å²) in [6, 6.07) is 0. The smallest absolute Gasteiger partial charge is 0.246 e. The van der Waals surface area contributed by atoms with Crippen molar-refractivity contribution in [2.24, 2.45) is 0 Å². The first kappa shape index (κ1) is 14.4. The summed E-state index contributed by atoms with van der Waals surface area (Å²) in [5.41, 5.74) is 0.00712. The lowest BCUT2D eigenvalue weighted by Crippen LogP contribution is -2.57. The summed E-state index contributed by atoms with van der Waals surface area (Å²) in [5.74, 6) is -0.0552. The molecule has 17 heavy (non-hydrogen) atoms. The molecule has 100 valence electrons. The third-order valence-electron chi connectivity index (χ3n) is 3.48. The first-order valence-electron chi connectivity index (χ1n) is 6.21. The highest BCUT2D eigenvalue weighted by molar-refractivity contribution is 5.77. The molecule has 1 amide bonds. The van der Waals surface area contributed by atoms with Gasteiger partial charge < -0.3 is 14.8 Å². The molecule has 5 heteroatoms. The second kappa shape index (κ2) is 6.93. The van der Waals surface area contributed by atoms with Gasteiger partial charge in [-0.3, -0.25) is 9.69 Å². The number of hydrogen-bond acceptors (Lipinski definition) is 4. The Bertz CT molecular complexity index is 242. The Kier molecular flexibility index (Phi) is 5.88. The fourth-order valence-corrected chi connectivity index (χ4v) is 2.03. The zero-order chi connectivity index (χ0) is 12.7. The van der Waals surface area contributed by atoms with Crippen LogP contribution in [0.2, 0.25) is 0 Å². The Morgan fingerprint density at radius 2 is 2.12 bits per heavy atom. The minimum atomic E-state index is -0.0552. The molecule has 1 heterocycles. The summed E-state index contributed by atoms with van der Waals surface area (Å²) in [6.45, 7) is 8.55. The van der Waals surface area contributed by atoms with Crippen molar-refractivity contribution < 1.29 is 14.3 Å². The fraction of sp³-hybridized carbons (Fsp3) is 0.917. The number of carbonyl (C=O) groups is 1. The number of ether oxygens (including phenoxy) is 2. The minimum absolute atomic E-state index is 0.00712. The van der Waals surface area contributed by atoms with Gasteiger partial charge in [0.05, 0.1) is 13.2 Å². The first-order valence-corrected chi connectivity index (χ1v) is 6.21. The molecule has 1 N–H and O–H groups in total. The third kappa shape index (κ3) is 4.26. The molecule has 0 aliphatic carbocycles. The van der Waals surface area contributed by atoms with Crippen molar-refractivity contribution in [1.82, 2.24) is 10.2 Å². The number of nitrogens with zero attached hydrogens (tertiary/aromatic N) is 1. The topological polar surface area (TPSA) is 50.8 Å². The average molecular weight is 244 g/mol. The van der Waals surface area contributed by atoms with E-state index in [2.05, 4.69) is 24.1 Å². The van der Waals surface area contributed by atoms with E-state index >= 15 is 0 Å². The molecule has 0 bridgehead atoms. The fourth-order valence-electron chi connectivity index (χ4n) is 2.03. The lowest BCUT2D eigenvalue weighted by Gasteiger charge is -2.43. The maximum Gasteiger partial charge on any atom is 0.246 e. The van der Waals surface area contributed by atoms with E-state index in [0.29, 0.717) is 6.54 Å². The Labute approximate surface area is 103 Å². The van der Waals surface area contributed by atoms with Crippen LogP contribution in [0.5, 0.6) is 0 Å². The Morgan fingerprint density at radius 3 is 2.65 bits per heavy atom. The van der Waals surface area contributed by atoms with Crippen LogP contribution in [0.15, 0.2) is 0 Å². The maximum absolute atomic E-state index is 11.4. The van der Waals surface area contributed by atoms with E-state index in [0.717, 1.165) is 32.7 Å². The van der Waals surface area contributed by atoms with Crippen LogP contribution >= 0.6 is 0 Å². The number of morpholine rings is 1. The van der Waals surface area contributed by atoms with Gasteiger partial charge in [-0.15, -0.1) is 0 Å². The van der Waals surface area contributed by atoms with Crippen molar-refractivity contribution in [3.8, 4) is 0 Å². The van der Waals surface area contributed by atoms with Gasteiger partial charge in [0, 0.05) is 32.3 Å². The highest BCUT2D eigenvalue weighted by atomic mass is 16.5. The molecule has 1 atom stereocenters. The Hall–Kier alpha value is -0.650. The summed E-state index contributed by atoms with van der Waals surface area (Å²) in [5, 5.41) is 2.93. The van der Waals surface area contributed by atoms with Gasteiger partial charge >= 0.3 is 0 Å². The zero-order valence-electron chi connectivity index (χ0n) is 11.1. The molecule has 5 nitrogen and oxygen atoms in total. The predicted octanol–water partition coefficient (Wildman–Crippen LogP) is 0.250. The average Bonchev–Trinajstić information content (AvgIpc) is 2.37. The summed E-state index contributed by atoms with van der Waals surface area (Å²) in [6.07, 6.45) is 1.00. The van der Waals surface area contributed by atoms with E-state index < -0.39 is 0 Å². The Morgan fingerprint density at radius 1 is 1.47 bits per heavy atom. The van der Waals surface area contributed by atoms with Crippen molar-refractivity contribution in [1.29, 1.82) is 0 Å². The molecular formula is C12H24N2O3. The summed E-state index contributed by atoms with van der Waals surface area (Å²) in [4.78, 5) is 13.8. The van der Waals surface area contributed by atoms with Crippen LogP contribution in [-0.2, 0) is 14.3 Å². The largest absolute Gasteiger partial charge is 0.379 e. The van der Waals surface area contributed by atoms with Crippen LogP contribution in [0.1, 0.15) is 20.3 Å². The van der Waals surface area contributed by atoms with Gasteiger partial charge in [0.15, 0.2) is 0 Å². The number of nitrogens with one attached hydrogen (secondary N) is 1. The van der Waals surface area contributed by atoms with Gasteiger partial charge in [0.2, 0.25) is 5.91 Å². The van der Waals surface area contributed by atoms with Crippen molar-refractivity contribution in [3.05, 3.63) is 0 Å². The molecule has 0 saturated carbocycles. The van der Waals surface area contributed by atoms with Gasteiger partial charge in [-0.25, -0.2) is 0 Å². The lowest BCUT2D eigenvalue weighted by molar-refractivity contribution is -0.125. The normalized spacial score (nSPS) is 20.9. The third-order valence-corrected chi connectivity index (χ3v) is 3.48. The van der Waals surface area contributed by atoms with Crippen LogP contribution < -0.4 is 5.32 Å². The number of methoxy groups -OCH3 is 1. The highest BCUT2D eigenvalue weighted by Gasteiger charge is 2.31. The van der Waals surface area contributed by atoms with Crippen molar-refractivity contribution >= 4 is 5.91 Å². The van der Waals surface area contributed by atoms with E-state index in [1.165, 1.54) is 7.11 Å². The molecule has 0 aromatic carbocycles. The molecule has 0 spiro atoms. The van der Waals surface area contributed by atoms with Crippen LogP contribution in [-0.4, -0.2) is 62.9 Å². The second-order valence-electron chi connectivity index (χ2n) is 4.66. The van der Waals surface area contributed by atoms with Crippen LogP contribution in [0, 0.1) is 0 Å². The van der Waals surface area contributed by atoms with E-state index in [-0.39, 0.29) is 18.1 Å². The molecule has 0 aromatic heterocycles. The van der Waals surface area contributed by atoms with Crippen LogP contribution in [0.25, 0.3) is 0 Å². The number of hydrogen-bond donors (Lipinski definition) is 1. The standard InChI is InChI=1S/C12H24N2O3/c1-4-12(2,10-13-11(15)9-16-3)14-5-7-17-8-6-14/h4-10H2,1-3H3,(H,13,15)/t12-/m1/s1. The first-order chi connectivity index (χ1) is 8.12. The molecule has 1 aliphatic rings. The monoisotopic (exact) mass is 244 g/mol. The molecule has 1 rings (SSSR count). The molecular weight excluding hydrogens is 220 g/mol. The number of amides is 1. The lowest BCUT2D eigenvalue weighted by atomic mass is 9.95. The maximum atomic E-state index is 11.4.